The van der Waals surface area contributed by atoms with E-state index in [4.69, 9.17) is 4.74 Å². The maximum Gasteiger partial charge on any atom is 0.277 e. The molecule has 0 aliphatic heterocycles. The van der Waals surface area contributed by atoms with Crippen LogP contribution >= 0.6 is 15.9 Å². The molecule has 0 saturated heterocycles. The van der Waals surface area contributed by atoms with Crippen molar-refractivity contribution < 1.29 is 9.53 Å². The second-order valence-electron chi connectivity index (χ2n) is 6.16. The number of benzene rings is 1. The zero-order valence-electron chi connectivity index (χ0n) is 14.4. The molecule has 0 fully saturated rings. The van der Waals surface area contributed by atoms with Crippen molar-refractivity contribution in [3.63, 3.8) is 0 Å². The molecule has 0 aromatic heterocycles. The van der Waals surface area contributed by atoms with E-state index in [1.165, 1.54) is 0 Å². The summed E-state index contributed by atoms with van der Waals surface area (Å²) < 4.78 is 6.53. The zero-order chi connectivity index (χ0) is 17.7. The number of carbonyl (C=O) groups excluding carboxylic acids is 1. The van der Waals surface area contributed by atoms with E-state index in [0.29, 0.717) is 11.7 Å². The Morgan fingerprint density at radius 1 is 1.46 bits per heavy atom. The summed E-state index contributed by atoms with van der Waals surface area (Å²) in [4.78, 5) is 12.0. The molecule has 0 heterocycles. The van der Waals surface area contributed by atoms with Gasteiger partial charge in [-0.2, -0.15) is 5.10 Å². The van der Waals surface area contributed by atoms with Gasteiger partial charge in [0.1, 0.15) is 5.75 Å². The van der Waals surface area contributed by atoms with Crippen molar-refractivity contribution >= 4 is 27.5 Å². The van der Waals surface area contributed by atoms with Gasteiger partial charge in [0.25, 0.3) is 5.91 Å². The summed E-state index contributed by atoms with van der Waals surface area (Å²) in [5.74, 6) is 0.818. The first-order valence-electron chi connectivity index (χ1n) is 7.93. The van der Waals surface area contributed by atoms with E-state index in [1.54, 1.807) is 0 Å². The average molecular weight is 391 g/mol. The largest absolute Gasteiger partial charge is 0.483 e. The average Bonchev–Trinajstić information content (AvgIpc) is 2.53. The summed E-state index contributed by atoms with van der Waals surface area (Å²) in [6.07, 6.45) is 3.94. The molecule has 4 nitrogen and oxygen atoms in total. The molecule has 1 aliphatic rings. The van der Waals surface area contributed by atoms with Gasteiger partial charge in [-0.25, -0.2) is 5.43 Å². The van der Waals surface area contributed by atoms with Crippen LogP contribution in [-0.4, -0.2) is 18.2 Å². The fraction of sp³-hybridized carbons (Fsp3) is 0.368. The molecule has 0 spiro atoms. The number of nitrogens with one attached hydrogen (secondary N) is 1. The predicted molar refractivity (Wildman–Crippen MR) is 101 cm³/mol. The summed E-state index contributed by atoms with van der Waals surface area (Å²) in [5.41, 5.74) is 6.72. The van der Waals surface area contributed by atoms with Crippen LogP contribution in [-0.2, 0) is 4.79 Å². The van der Waals surface area contributed by atoms with Crippen LogP contribution in [0.15, 0.2) is 51.6 Å². The first kappa shape index (κ1) is 18.5. The normalized spacial score (nSPS) is 18.9. The number of ether oxygens (including phenoxy) is 1. The van der Waals surface area contributed by atoms with Gasteiger partial charge in [-0.15, -0.1) is 0 Å². The molecule has 2 rings (SSSR count). The highest BCUT2D eigenvalue weighted by molar-refractivity contribution is 9.10. The Balaban J connectivity index is 1.91. The fourth-order valence-corrected chi connectivity index (χ4v) is 2.98. The third-order valence-electron chi connectivity index (χ3n) is 4.11. The lowest BCUT2D eigenvalue weighted by Crippen LogP contribution is -2.27. The maximum atomic E-state index is 12.0. The molecule has 0 bridgehead atoms. The Morgan fingerprint density at radius 2 is 2.21 bits per heavy atom. The lowest BCUT2D eigenvalue weighted by Gasteiger charge is -2.22. The van der Waals surface area contributed by atoms with Crippen molar-refractivity contribution in [1.82, 2.24) is 5.43 Å². The van der Waals surface area contributed by atoms with Gasteiger partial charge < -0.3 is 4.74 Å². The molecule has 1 aromatic carbocycles. The van der Waals surface area contributed by atoms with Crippen LogP contribution in [0.1, 0.15) is 32.3 Å². The number of halogens is 1. The standard InChI is InChI=1S/C19H23BrN2O2/c1-12(2)15-6-5-13(3)17(10-15)21-22-19(23)11-24-18-8-7-16(20)9-14(18)4/h5,7-9,15H,1,6,10-11H2,2-4H3,(H,22,23)/b21-17-. The molecular formula is C19H23BrN2O2. The molecule has 1 atom stereocenters. The van der Waals surface area contributed by atoms with Gasteiger partial charge >= 0.3 is 0 Å². The van der Waals surface area contributed by atoms with Crippen molar-refractivity contribution in [3.05, 3.63) is 52.0 Å². The second kappa shape index (κ2) is 8.29. The first-order chi connectivity index (χ1) is 11.4. The zero-order valence-corrected chi connectivity index (χ0v) is 15.9. The van der Waals surface area contributed by atoms with Crippen molar-refractivity contribution in [1.29, 1.82) is 0 Å². The molecule has 1 unspecified atom stereocenters. The van der Waals surface area contributed by atoms with Gasteiger partial charge in [0, 0.05) is 4.47 Å². The molecular weight excluding hydrogens is 368 g/mol. The summed E-state index contributed by atoms with van der Waals surface area (Å²) >= 11 is 3.40. The SMILES string of the molecule is C=C(C)C1CC=C(C)/C(=N\NC(=O)COc2ccc(Br)cc2C)C1. The fourth-order valence-electron chi connectivity index (χ4n) is 2.50. The monoisotopic (exact) mass is 390 g/mol. The number of allylic oxidation sites excluding steroid dienone is 3. The third kappa shape index (κ3) is 5.06. The minimum Gasteiger partial charge on any atom is -0.483 e. The molecule has 1 aromatic rings. The number of nitrogens with zero attached hydrogens (tertiary/aromatic N) is 1. The Labute approximate surface area is 151 Å². The second-order valence-corrected chi connectivity index (χ2v) is 7.08. The quantitative estimate of drug-likeness (QED) is 0.592. The van der Waals surface area contributed by atoms with Crippen LogP contribution in [0.2, 0.25) is 0 Å². The molecule has 1 aliphatic carbocycles. The van der Waals surface area contributed by atoms with Crippen LogP contribution in [0.3, 0.4) is 0 Å². The first-order valence-corrected chi connectivity index (χ1v) is 8.73. The van der Waals surface area contributed by atoms with Crippen LogP contribution in [0.5, 0.6) is 5.75 Å². The van der Waals surface area contributed by atoms with E-state index in [-0.39, 0.29) is 12.5 Å². The van der Waals surface area contributed by atoms with Gasteiger partial charge in [0.05, 0.1) is 5.71 Å². The topological polar surface area (TPSA) is 50.7 Å². The Kier molecular flexibility index (Phi) is 6.37. The molecule has 0 saturated carbocycles. The van der Waals surface area contributed by atoms with E-state index < -0.39 is 0 Å². The lowest BCUT2D eigenvalue weighted by atomic mass is 9.85. The summed E-state index contributed by atoms with van der Waals surface area (Å²) in [5, 5.41) is 4.27. The summed E-state index contributed by atoms with van der Waals surface area (Å²) in [6.45, 7) is 9.94. The van der Waals surface area contributed by atoms with Crippen LogP contribution in [0.4, 0.5) is 0 Å². The molecule has 0 radical (unpaired) electrons. The van der Waals surface area contributed by atoms with E-state index in [0.717, 1.165) is 39.7 Å². The molecule has 5 heteroatoms. The maximum absolute atomic E-state index is 12.0. The van der Waals surface area contributed by atoms with Crippen molar-refractivity contribution in [2.45, 2.75) is 33.6 Å². The molecule has 128 valence electrons. The number of aryl methyl sites for hydroxylation is 1. The van der Waals surface area contributed by atoms with E-state index >= 15 is 0 Å². The van der Waals surface area contributed by atoms with Crippen LogP contribution in [0, 0.1) is 12.8 Å². The number of rotatable bonds is 5. The Bertz CT molecular complexity index is 707. The number of carbonyl (C=O) groups is 1. The van der Waals surface area contributed by atoms with Crippen molar-refractivity contribution in [3.8, 4) is 5.75 Å². The summed E-state index contributed by atoms with van der Waals surface area (Å²) in [7, 11) is 0. The van der Waals surface area contributed by atoms with Crippen LogP contribution in [0.25, 0.3) is 0 Å². The predicted octanol–water partition coefficient (Wildman–Crippen LogP) is 4.54. The number of hydrogen-bond acceptors (Lipinski definition) is 3. The molecule has 1 N–H and O–H groups in total. The van der Waals surface area contributed by atoms with Gasteiger partial charge in [0.15, 0.2) is 6.61 Å². The van der Waals surface area contributed by atoms with Gasteiger partial charge in [0.2, 0.25) is 0 Å². The van der Waals surface area contributed by atoms with Gasteiger partial charge in [-0.05, 0) is 68.9 Å². The molecule has 24 heavy (non-hydrogen) atoms. The minimum absolute atomic E-state index is 0.0636. The smallest absolute Gasteiger partial charge is 0.277 e. The number of hydrogen-bond donors (Lipinski definition) is 1. The van der Waals surface area contributed by atoms with E-state index in [1.807, 2.05) is 39.0 Å². The van der Waals surface area contributed by atoms with Crippen molar-refractivity contribution in [2.75, 3.05) is 6.61 Å². The number of amides is 1. The highest BCUT2D eigenvalue weighted by Crippen LogP contribution is 2.26. The van der Waals surface area contributed by atoms with Gasteiger partial charge in [-0.3, -0.25) is 4.79 Å². The Hall–Kier alpha value is -1.88. The Morgan fingerprint density at radius 3 is 2.88 bits per heavy atom. The van der Waals surface area contributed by atoms with Gasteiger partial charge in [-0.1, -0.05) is 34.2 Å². The minimum atomic E-state index is -0.268. The van der Waals surface area contributed by atoms with E-state index in [2.05, 4.69) is 39.1 Å². The summed E-state index contributed by atoms with van der Waals surface area (Å²) in [6, 6.07) is 5.67. The van der Waals surface area contributed by atoms with Crippen LogP contribution < -0.4 is 10.2 Å². The van der Waals surface area contributed by atoms with Crippen molar-refractivity contribution in [2.24, 2.45) is 11.0 Å². The van der Waals surface area contributed by atoms with E-state index in [9.17, 15) is 4.79 Å². The highest BCUT2D eigenvalue weighted by atomic mass is 79.9. The third-order valence-corrected chi connectivity index (χ3v) is 4.60. The lowest BCUT2D eigenvalue weighted by molar-refractivity contribution is -0.123. The number of hydrazone groups is 1. The molecule has 1 amide bonds. The highest BCUT2D eigenvalue weighted by Gasteiger charge is 2.18.